The maximum Gasteiger partial charge on any atom is 0.268 e. The lowest BCUT2D eigenvalue weighted by molar-refractivity contribution is -0.129. The highest BCUT2D eigenvalue weighted by Gasteiger charge is 2.38. The number of anilines is 1. The van der Waals surface area contributed by atoms with Crippen molar-refractivity contribution in [3.63, 3.8) is 0 Å². The second-order valence-electron chi connectivity index (χ2n) is 9.68. The zero-order chi connectivity index (χ0) is 24.7. The maximum atomic E-state index is 14.9. The van der Waals surface area contributed by atoms with E-state index in [1.54, 1.807) is 32.3 Å². The molecule has 0 spiro atoms. The number of hydrogen-bond donors (Lipinski definition) is 0. The average molecular weight is 482 g/mol. The number of ketones is 1. The summed E-state index contributed by atoms with van der Waals surface area (Å²) in [6.07, 6.45) is 3.83. The van der Waals surface area contributed by atoms with Crippen LogP contribution in [0.25, 0.3) is 0 Å². The highest BCUT2D eigenvalue weighted by molar-refractivity contribution is 6.06. The Labute approximate surface area is 203 Å². The van der Waals surface area contributed by atoms with Crippen LogP contribution in [0.3, 0.4) is 0 Å². The molecule has 8 nitrogen and oxygen atoms in total. The quantitative estimate of drug-likeness (QED) is 0.576. The van der Waals surface area contributed by atoms with E-state index in [9.17, 15) is 18.8 Å². The number of rotatable bonds is 8. The van der Waals surface area contributed by atoms with Gasteiger partial charge in [0, 0.05) is 56.7 Å². The molecule has 2 amide bonds. The molecule has 2 aliphatic carbocycles. The van der Waals surface area contributed by atoms with E-state index in [-0.39, 0.29) is 36.0 Å². The summed E-state index contributed by atoms with van der Waals surface area (Å²) in [7, 11) is 3.25. The first-order valence-corrected chi connectivity index (χ1v) is 11.9. The van der Waals surface area contributed by atoms with Crippen LogP contribution in [0.5, 0.6) is 11.6 Å². The molecule has 0 N–H and O–H groups in total. The maximum absolute atomic E-state index is 14.9. The summed E-state index contributed by atoms with van der Waals surface area (Å²) in [4.78, 5) is 45.1. The van der Waals surface area contributed by atoms with Gasteiger partial charge < -0.3 is 19.3 Å². The Bertz CT molecular complexity index is 1160. The van der Waals surface area contributed by atoms with Crippen molar-refractivity contribution in [3.05, 3.63) is 47.4 Å². The Balaban J connectivity index is 1.25. The van der Waals surface area contributed by atoms with E-state index in [1.165, 1.54) is 34.9 Å². The van der Waals surface area contributed by atoms with Crippen molar-refractivity contribution in [2.75, 3.05) is 32.1 Å². The standard InChI is InChI=1S/C26H28FN3O5/c1-29(2)24(31)10-16-9-19-20(25(16)32)11-17(12-21(19)27)30-8-7-22(26(30)33)35-18-5-6-23(28-13-18)34-14-15-3-4-15/h5-6,11-13,15-16,22H,3-4,7-10,14H2,1-2H3/t16?,22-/m1/s1. The molecular weight excluding hydrogens is 453 g/mol. The summed E-state index contributed by atoms with van der Waals surface area (Å²) >= 11 is 0. The normalized spacial score (nSPS) is 21.3. The van der Waals surface area contributed by atoms with E-state index >= 15 is 0 Å². The van der Waals surface area contributed by atoms with Gasteiger partial charge in [0.2, 0.25) is 11.8 Å². The van der Waals surface area contributed by atoms with Gasteiger partial charge in [-0.1, -0.05) is 0 Å². The van der Waals surface area contributed by atoms with Crippen LogP contribution in [-0.2, 0) is 16.0 Å². The molecule has 3 aliphatic rings. The van der Waals surface area contributed by atoms with Gasteiger partial charge in [0.25, 0.3) is 5.91 Å². The molecule has 35 heavy (non-hydrogen) atoms. The number of benzene rings is 1. The number of Topliss-reactive ketones (excluding diaryl/α,β-unsaturated/α-hetero) is 1. The molecule has 2 atom stereocenters. The summed E-state index contributed by atoms with van der Waals surface area (Å²) in [5.41, 5.74) is 0.886. The minimum atomic E-state index is -0.729. The zero-order valence-electron chi connectivity index (χ0n) is 19.8. The fraction of sp³-hybridized carbons (Fsp3) is 0.462. The van der Waals surface area contributed by atoms with Crippen LogP contribution in [-0.4, -0.2) is 60.8 Å². The molecule has 0 bridgehead atoms. The van der Waals surface area contributed by atoms with Crippen molar-refractivity contribution in [3.8, 4) is 11.6 Å². The highest BCUT2D eigenvalue weighted by atomic mass is 19.1. The van der Waals surface area contributed by atoms with Crippen LogP contribution in [0.1, 0.15) is 41.6 Å². The number of carbonyl (C=O) groups is 3. The number of ether oxygens (including phenoxy) is 2. The molecule has 0 radical (unpaired) electrons. The molecular formula is C26H28FN3O5. The third-order valence-electron chi connectivity index (χ3n) is 6.81. The molecule has 1 saturated heterocycles. The van der Waals surface area contributed by atoms with E-state index in [1.807, 2.05) is 0 Å². The van der Waals surface area contributed by atoms with Gasteiger partial charge in [-0.2, -0.15) is 0 Å². The van der Waals surface area contributed by atoms with Crippen molar-refractivity contribution in [1.29, 1.82) is 0 Å². The highest BCUT2D eigenvalue weighted by Crippen LogP contribution is 2.36. The Kier molecular flexibility index (Phi) is 6.17. The molecule has 1 unspecified atom stereocenters. The monoisotopic (exact) mass is 481 g/mol. The van der Waals surface area contributed by atoms with Gasteiger partial charge in [-0.05, 0) is 48.9 Å². The lowest BCUT2D eigenvalue weighted by Gasteiger charge is -2.18. The predicted molar refractivity (Wildman–Crippen MR) is 125 cm³/mol. The van der Waals surface area contributed by atoms with Gasteiger partial charge in [-0.3, -0.25) is 14.4 Å². The number of amides is 2. The number of pyridine rings is 1. The molecule has 9 heteroatoms. The summed E-state index contributed by atoms with van der Waals surface area (Å²) < 4.78 is 26.4. The molecule has 184 valence electrons. The molecule has 1 saturated carbocycles. The lowest BCUT2D eigenvalue weighted by atomic mass is 10.0. The molecule has 1 aromatic heterocycles. The second-order valence-corrected chi connectivity index (χ2v) is 9.68. The third kappa shape index (κ3) is 4.85. The van der Waals surface area contributed by atoms with E-state index in [0.29, 0.717) is 48.4 Å². The van der Waals surface area contributed by atoms with Crippen LogP contribution in [0.4, 0.5) is 10.1 Å². The SMILES string of the molecule is CN(C)C(=O)CC1Cc2c(F)cc(N3CC[C@@H](Oc4ccc(OCC5CC5)nc4)C3=O)cc2C1=O. The number of halogens is 1. The fourth-order valence-electron chi connectivity index (χ4n) is 4.52. The number of hydrogen-bond acceptors (Lipinski definition) is 6. The Morgan fingerprint density at radius 3 is 2.69 bits per heavy atom. The molecule has 2 heterocycles. The Hall–Kier alpha value is -3.49. The van der Waals surface area contributed by atoms with Gasteiger partial charge in [0.15, 0.2) is 11.9 Å². The molecule has 2 fully saturated rings. The van der Waals surface area contributed by atoms with Gasteiger partial charge in [0.05, 0.1) is 12.8 Å². The first kappa shape index (κ1) is 23.3. The predicted octanol–water partition coefficient (Wildman–Crippen LogP) is 3.03. The number of aromatic nitrogens is 1. The molecule has 1 aromatic carbocycles. The minimum absolute atomic E-state index is 0.0340. The molecule has 1 aliphatic heterocycles. The third-order valence-corrected chi connectivity index (χ3v) is 6.81. The first-order valence-electron chi connectivity index (χ1n) is 11.9. The summed E-state index contributed by atoms with van der Waals surface area (Å²) in [6, 6.07) is 6.28. The van der Waals surface area contributed by atoms with Crippen LogP contribution in [0.15, 0.2) is 30.5 Å². The van der Waals surface area contributed by atoms with Gasteiger partial charge in [0.1, 0.15) is 11.6 Å². The molecule has 2 aromatic rings. The topological polar surface area (TPSA) is 89.0 Å². The minimum Gasteiger partial charge on any atom is -0.479 e. The second kappa shape index (κ2) is 9.28. The van der Waals surface area contributed by atoms with Crippen LogP contribution >= 0.6 is 0 Å². The molecule has 5 rings (SSSR count). The smallest absolute Gasteiger partial charge is 0.268 e. The Morgan fingerprint density at radius 2 is 2.00 bits per heavy atom. The van der Waals surface area contributed by atoms with Gasteiger partial charge >= 0.3 is 0 Å². The van der Waals surface area contributed by atoms with E-state index in [0.717, 1.165) is 0 Å². The van der Waals surface area contributed by atoms with Crippen LogP contribution < -0.4 is 14.4 Å². The van der Waals surface area contributed by atoms with Crippen molar-refractivity contribution in [1.82, 2.24) is 9.88 Å². The number of nitrogens with zero attached hydrogens (tertiary/aromatic N) is 3. The fourth-order valence-corrected chi connectivity index (χ4v) is 4.52. The summed E-state index contributed by atoms with van der Waals surface area (Å²) in [5.74, 6) is -0.259. The first-order chi connectivity index (χ1) is 16.8. The van der Waals surface area contributed by atoms with Crippen molar-refractivity contribution in [2.45, 2.75) is 38.2 Å². The van der Waals surface area contributed by atoms with Crippen LogP contribution in [0, 0.1) is 17.7 Å². The van der Waals surface area contributed by atoms with E-state index in [4.69, 9.17) is 9.47 Å². The van der Waals surface area contributed by atoms with Crippen LogP contribution in [0.2, 0.25) is 0 Å². The van der Waals surface area contributed by atoms with Gasteiger partial charge in [-0.25, -0.2) is 9.37 Å². The summed E-state index contributed by atoms with van der Waals surface area (Å²) in [6.45, 7) is 1.00. The largest absolute Gasteiger partial charge is 0.479 e. The van der Waals surface area contributed by atoms with E-state index < -0.39 is 17.8 Å². The summed E-state index contributed by atoms with van der Waals surface area (Å²) in [5, 5.41) is 0. The average Bonchev–Trinajstić information content (AvgIpc) is 3.53. The lowest BCUT2D eigenvalue weighted by Crippen LogP contribution is -2.32. The van der Waals surface area contributed by atoms with Crippen molar-refractivity contribution < 1.29 is 28.2 Å². The van der Waals surface area contributed by atoms with Crippen molar-refractivity contribution >= 4 is 23.3 Å². The number of fused-ring (bicyclic) bond motifs is 1. The van der Waals surface area contributed by atoms with Crippen molar-refractivity contribution in [2.24, 2.45) is 11.8 Å². The van der Waals surface area contributed by atoms with Gasteiger partial charge in [-0.15, -0.1) is 0 Å². The zero-order valence-corrected chi connectivity index (χ0v) is 19.8. The number of carbonyl (C=O) groups excluding carboxylic acids is 3. The Morgan fingerprint density at radius 1 is 1.20 bits per heavy atom. The van der Waals surface area contributed by atoms with E-state index in [2.05, 4.69) is 4.98 Å².